The number of fused-ring (bicyclic) bond motifs is 1. The number of amides is 1. The number of H-pyrrole nitrogens is 1. The highest BCUT2D eigenvalue weighted by Crippen LogP contribution is 2.19. The predicted molar refractivity (Wildman–Crippen MR) is 107 cm³/mol. The molecule has 1 heterocycles. The van der Waals surface area contributed by atoms with E-state index in [1.54, 1.807) is 12.1 Å². The van der Waals surface area contributed by atoms with Gasteiger partial charge in [0.1, 0.15) is 18.1 Å². The van der Waals surface area contributed by atoms with Crippen LogP contribution >= 0.6 is 0 Å². The van der Waals surface area contributed by atoms with Crippen LogP contribution in [0.5, 0.6) is 11.5 Å². The minimum absolute atomic E-state index is 0.110. The maximum absolute atomic E-state index is 12.1. The van der Waals surface area contributed by atoms with Crippen molar-refractivity contribution in [1.29, 1.82) is 0 Å². The minimum Gasteiger partial charge on any atom is -0.489 e. The van der Waals surface area contributed by atoms with E-state index in [0.717, 1.165) is 22.3 Å². The van der Waals surface area contributed by atoms with E-state index in [1.165, 1.54) is 0 Å². The number of imidazole rings is 1. The zero-order valence-electron chi connectivity index (χ0n) is 15.1. The topological polar surface area (TPSA) is 76.2 Å². The second kappa shape index (κ2) is 8.26. The first kappa shape index (κ1) is 17.6. The van der Waals surface area contributed by atoms with E-state index >= 15 is 0 Å². The van der Waals surface area contributed by atoms with E-state index in [4.69, 9.17) is 9.47 Å². The molecule has 6 heteroatoms. The summed E-state index contributed by atoms with van der Waals surface area (Å²) in [5.74, 6) is 1.44. The van der Waals surface area contributed by atoms with Crippen LogP contribution in [0.1, 0.15) is 5.56 Å². The van der Waals surface area contributed by atoms with Crippen molar-refractivity contribution in [2.45, 2.75) is 6.61 Å². The van der Waals surface area contributed by atoms with Gasteiger partial charge in [-0.3, -0.25) is 10.1 Å². The van der Waals surface area contributed by atoms with Crippen LogP contribution in [-0.4, -0.2) is 22.5 Å². The number of benzene rings is 3. The molecule has 0 aliphatic heterocycles. The molecule has 0 radical (unpaired) electrons. The van der Waals surface area contributed by atoms with Gasteiger partial charge in [-0.15, -0.1) is 0 Å². The average molecular weight is 373 g/mol. The molecule has 1 aromatic heterocycles. The van der Waals surface area contributed by atoms with E-state index in [-0.39, 0.29) is 12.5 Å². The Morgan fingerprint density at radius 2 is 1.54 bits per heavy atom. The fourth-order valence-corrected chi connectivity index (χ4v) is 2.70. The predicted octanol–water partition coefficient (Wildman–Crippen LogP) is 4.16. The number of carbonyl (C=O) groups is 1. The summed E-state index contributed by atoms with van der Waals surface area (Å²) < 4.78 is 11.3. The molecule has 0 unspecified atom stereocenters. The molecular formula is C22H19N3O3. The molecule has 3 aromatic carbocycles. The molecule has 0 spiro atoms. The number of carbonyl (C=O) groups excluding carboxylic acids is 1. The number of aromatic nitrogens is 2. The smallest absolute Gasteiger partial charge is 0.264 e. The second-order valence-electron chi connectivity index (χ2n) is 6.19. The standard InChI is InChI=1S/C22H19N3O3/c26-21(25-22-23-19-8-4-5-9-20(19)24-22)15-28-18-12-10-17(11-13-18)27-14-16-6-2-1-3-7-16/h1-13H,14-15H2,(H2,23,24,25,26). The summed E-state index contributed by atoms with van der Waals surface area (Å²) >= 11 is 0. The summed E-state index contributed by atoms with van der Waals surface area (Å²) in [5, 5.41) is 2.70. The van der Waals surface area contributed by atoms with Crippen molar-refractivity contribution in [3.63, 3.8) is 0 Å². The maximum Gasteiger partial charge on any atom is 0.264 e. The van der Waals surface area contributed by atoms with Crippen molar-refractivity contribution >= 4 is 22.9 Å². The van der Waals surface area contributed by atoms with E-state index in [0.29, 0.717) is 18.3 Å². The number of para-hydroxylation sites is 2. The molecule has 0 bridgehead atoms. The second-order valence-corrected chi connectivity index (χ2v) is 6.19. The molecule has 4 aromatic rings. The van der Waals surface area contributed by atoms with Crippen LogP contribution in [0.25, 0.3) is 11.0 Å². The van der Waals surface area contributed by atoms with Gasteiger partial charge in [0.25, 0.3) is 5.91 Å². The van der Waals surface area contributed by atoms with Crippen LogP contribution in [0.15, 0.2) is 78.9 Å². The number of anilines is 1. The van der Waals surface area contributed by atoms with Gasteiger partial charge >= 0.3 is 0 Å². The first-order valence-electron chi connectivity index (χ1n) is 8.90. The van der Waals surface area contributed by atoms with Crippen molar-refractivity contribution in [3.05, 3.63) is 84.4 Å². The molecule has 0 aliphatic rings. The molecule has 6 nitrogen and oxygen atoms in total. The molecule has 28 heavy (non-hydrogen) atoms. The van der Waals surface area contributed by atoms with Crippen molar-refractivity contribution in [3.8, 4) is 11.5 Å². The highest BCUT2D eigenvalue weighted by Gasteiger charge is 2.08. The van der Waals surface area contributed by atoms with Crippen LogP contribution in [0.2, 0.25) is 0 Å². The van der Waals surface area contributed by atoms with Gasteiger partial charge < -0.3 is 14.5 Å². The Labute approximate surface area is 162 Å². The summed E-state index contributed by atoms with van der Waals surface area (Å²) in [4.78, 5) is 19.4. The SMILES string of the molecule is O=C(COc1ccc(OCc2ccccc2)cc1)Nc1nc2ccccc2[nH]1. The Morgan fingerprint density at radius 3 is 2.29 bits per heavy atom. The minimum atomic E-state index is -0.288. The summed E-state index contributed by atoms with van der Waals surface area (Å²) in [6, 6.07) is 24.7. The molecule has 4 rings (SSSR count). The summed E-state index contributed by atoms with van der Waals surface area (Å²) in [5.41, 5.74) is 2.76. The fraction of sp³-hybridized carbons (Fsp3) is 0.0909. The number of rotatable bonds is 7. The Kier molecular flexibility index (Phi) is 5.20. The highest BCUT2D eigenvalue weighted by molar-refractivity contribution is 5.92. The van der Waals surface area contributed by atoms with Crippen molar-refractivity contribution < 1.29 is 14.3 Å². The molecule has 0 aliphatic carbocycles. The van der Waals surface area contributed by atoms with Crippen molar-refractivity contribution in [2.24, 2.45) is 0 Å². The largest absolute Gasteiger partial charge is 0.489 e. The third kappa shape index (κ3) is 4.48. The fourth-order valence-electron chi connectivity index (χ4n) is 2.70. The van der Waals surface area contributed by atoms with Gasteiger partial charge in [-0.2, -0.15) is 0 Å². The van der Waals surface area contributed by atoms with Crippen molar-refractivity contribution in [2.75, 3.05) is 11.9 Å². The third-order valence-corrected chi connectivity index (χ3v) is 4.09. The molecule has 0 saturated heterocycles. The van der Waals surface area contributed by atoms with E-state index < -0.39 is 0 Å². The number of hydrogen-bond donors (Lipinski definition) is 2. The van der Waals surface area contributed by atoms with Gasteiger partial charge in [-0.25, -0.2) is 4.98 Å². The molecule has 140 valence electrons. The normalized spacial score (nSPS) is 10.6. The molecular weight excluding hydrogens is 354 g/mol. The van der Waals surface area contributed by atoms with Gasteiger partial charge in [-0.1, -0.05) is 42.5 Å². The van der Waals surface area contributed by atoms with Gasteiger partial charge in [0.05, 0.1) is 11.0 Å². The number of nitrogens with one attached hydrogen (secondary N) is 2. The lowest BCUT2D eigenvalue weighted by atomic mass is 10.2. The molecule has 0 fully saturated rings. The number of aromatic amines is 1. The zero-order valence-corrected chi connectivity index (χ0v) is 15.1. The van der Waals surface area contributed by atoms with Crippen LogP contribution in [-0.2, 0) is 11.4 Å². The number of hydrogen-bond acceptors (Lipinski definition) is 4. The monoisotopic (exact) mass is 373 g/mol. The van der Waals surface area contributed by atoms with Crippen LogP contribution < -0.4 is 14.8 Å². The Balaban J connectivity index is 1.26. The Morgan fingerprint density at radius 1 is 0.857 bits per heavy atom. The first-order valence-corrected chi connectivity index (χ1v) is 8.90. The van der Waals surface area contributed by atoms with Crippen LogP contribution in [0.3, 0.4) is 0 Å². The maximum atomic E-state index is 12.1. The number of nitrogens with zero attached hydrogens (tertiary/aromatic N) is 1. The molecule has 0 saturated carbocycles. The Hall–Kier alpha value is -3.80. The number of ether oxygens (including phenoxy) is 2. The summed E-state index contributed by atoms with van der Waals surface area (Å²) in [6.45, 7) is 0.391. The summed E-state index contributed by atoms with van der Waals surface area (Å²) in [7, 11) is 0. The van der Waals surface area contributed by atoms with Gasteiger partial charge in [0.2, 0.25) is 5.95 Å². The summed E-state index contributed by atoms with van der Waals surface area (Å²) in [6.07, 6.45) is 0. The zero-order chi connectivity index (χ0) is 19.2. The van der Waals surface area contributed by atoms with Crippen LogP contribution in [0.4, 0.5) is 5.95 Å². The van der Waals surface area contributed by atoms with E-state index in [2.05, 4.69) is 15.3 Å². The van der Waals surface area contributed by atoms with E-state index in [1.807, 2.05) is 66.7 Å². The van der Waals surface area contributed by atoms with Crippen LogP contribution in [0, 0.1) is 0 Å². The van der Waals surface area contributed by atoms with Gasteiger partial charge in [0, 0.05) is 0 Å². The third-order valence-electron chi connectivity index (χ3n) is 4.09. The molecule has 0 atom stereocenters. The quantitative estimate of drug-likeness (QED) is 0.510. The lowest BCUT2D eigenvalue weighted by molar-refractivity contribution is -0.118. The molecule has 1 amide bonds. The average Bonchev–Trinajstić information content (AvgIpc) is 3.14. The van der Waals surface area contributed by atoms with E-state index in [9.17, 15) is 4.79 Å². The van der Waals surface area contributed by atoms with Gasteiger partial charge in [-0.05, 0) is 42.0 Å². The molecule has 2 N–H and O–H groups in total. The highest BCUT2D eigenvalue weighted by atomic mass is 16.5. The lowest BCUT2D eigenvalue weighted by Crippen LogP contribution is -2.20. The lowest BCUT2D eigenvalue weighted by Gasteiger charge is -2.08. The Bertz CT molecular complexity index is 1030. The van der Waals surface area contributed by atoms with Crippen molar-refractivity contribution in [1.82, 2.24) is 9.97 Å². The van der Waals surface area contributed by atoms with Gasteiger partial charge in [0.15, 0.2) is 6.61 Å². The first-order chi connectivity index (χ1) is 13.8.